The van der Waals surface area contributed by atoms with Crippen LogP contribution in [0.15, 0.2) is 0 Å². The Hall–Kier alpha value is -0.120. The van der Waals surface area contributed by atoms with Crippen molar-refractivity contribution in [1.82, 2.24) is 0 Å². The van der Waals surface area contributed by atoms with Crippen molar-refractivity contribution < 1.29 is 14.9 Å². The van der Waals surface area contributed by atoms with Crippen LogP contribution in [0.4, 0.5) is 0 Å². The van der Waals surface area contributed by atoms with Gasteiger partial charge in [0, 0.05) is 0 Å². The van der Waals surface area contributed by atoms with Crippen LogP contribution < -0.4 is 0 Å². The van der Waals surface area contributed by atoms with Gasteiger partial charge in [-0.2, -0.15) is 0 Å². The van der Waals surface area contributed by atoms with Gasteiger partial charge in [0.25, 0.3) is 0 Å². The third-order valence-corrected chi connectivity index (χ3v) is 0.778. The molecule has 0 aliphatic carbocycles. The van der Waals surface area contributed by atoms with E-state index in [-0.39, 0.29) is 6.61 Å². The Morgan fingerprint density at radius 2 is 2.00 bits per heavy atom. The summed E-state index contributed by atoms with van der Waals surface area (Å²) in [6.45, 7) is 4.11. The van der Waals surface area contributed by atoms with Crippen molar-refractivity contribution in [3.63, 3.8) is 0 Å². The summed E-state index contributed by atoms with van der Waals surface area (Å²) < 4.78 is 4.76. The van der Waals surface area contributed by atoms with Gasteiger partial charge >= 0.3 is 0 Å². The third-order valence-electron chi connectivity index (χ3n) is 0.778. The molecule has 0 fully saturated rings. The second kappa shape index (κ2) is 4.73. The van der Waals surface area contributed by atoms with Gasteiger partial charge in [-0.05, 0) is 5.92 Å². The van der Waals surface area contributed by atoms with Crippen LogP contribution in [0.5, 0.6) is 0 Å². The van der Waals surface area contributed by atoms with Crippen molar-refractivity contribution >= 4 is 0 Å². The molecular weight excluding hydrogens is 120 g/mol. The van der Waals surface area contributed by atoms with E-state index in [0.717, 1.165) is 0 Å². The predicted molar refractivity (Wildman–Crippen MR) is 33.9 cm³/mol. The van der Waals surface area contributed by atoms with E-state index >= 15 is 0 Å². The Balaban J connectivity index is 3.06. The number of rotatable bonds is 4. The number of hydrogen-bond acceptors (Lipinski definition) is 3. The number of aliphatic hydroxyl groups excluding tert-OH is 2. The van der Waals surface area contributed by atoms with Crippen LogP contribution in [-0.4, -0.2) is 29.7 Å². The van der Waals surface area contributed by atoms with Crippen LogP contribution in [0.2, 0.25) is 0 Å². The minimum absolute atomic E-state index is 0.327. The molecule has 0 rings (SSSR count). The summed E-state index contributed by atoms with van der Waals surface area (Å²) in [4.78, 5) is 0. The molecule has 0 amide bonds. The SMILES string of the molecule is CC(C)CO[C@H](O)CO. The first-order valence-corrected chi connectivity index (χ1v) is 3.07. The van der Waals surface area contributed by atoms with Crippen molar-refractivity contribution in [3.05, 3.63) is 0 Å². The molecule has 0 saturated heterocycles. The van der Waals surface area contributed by atoms with E-state index in [4.69, 9.17) is 14.9 Å². The predicted octanol–water partition coefficient (Wildman–Crippen LogP) is -0.0303. The lowest BCUT2D eigenvalue weighted by molar-refractivity contribution is -0.130. The monoisotopic (exact) mass is 134 g/mol. The molecule has 0 radical (unpaired) electrons. The first-order valence-electron chi connectivity index (χ1n) is 3.07. The summed E-state index contributed by atoms with van der Waals surface area (Å²) >= 11 is 0. The lowest BCUT2D eigenvalue weighted by atomic mass is 10.2. The molecule has 2 N–H and O–H groups in total. The van der Waals surface area contributed by atoms with Crippen molar-refractivity contribution in [2.75, 3.05) is 13.2 Å². The Morgan fingerprint density at radius 1 is 1.44 bits per heavy atom. The van der Waals surface area contributed by atoms with Gasteiger partial charge in [0.15, 0.2) is 6.29 Å². The molecule has 0 unspecified atom stereocenters. The first kappa shape index (κ1) is 8.88. The van der Waals surface area contributed by atoms with Gasteiger partial charge in [0.05, 0.1) is 13.2 Å². The molecule has 0 spiro atoms. The number of ether oxygens (including phenoxy) is 1. The highest BCUT2D eigenvalue weighted by Gasteiger charge is 2.01. The standard InChI is InChI=1S/C6H14O3/c1-5(2)4-9-6(8)3-7/h5-8H,3-4H2,1-2H3/t6-/m0/s1. The van der Waals surface area contributed by atoms with E-state index in [2.05, 4.69) is 0 Å². The highest BCUT2D eigenvalue weighted by atomic mass is 16.6. The molecular formula is C6H14O3. The molecule has 3 nitrogen and oxygen atoms in total. The lowest BCUT2D eigenvalue weighted by Crippen LogP contribution is -2.19. The summed E-state index contributed by atoms with van der Waals surface area (Å²) in [7, 11) is 0. The fourth-order valence-corrected chi connectivity index (χ4v) is 0.356. The van der Waals surface area contributed by atoms with Crippen LogP contribution in [-0.2, 0) is 4.74 Å². The van der Waals surface area contributed by atoms with E-state index in [1.54, 1.807) is 0 Å². The average molecular weight is 134 g/mol. The lowest BCUT2D eigenvalue weighted by Gasteiger charge is -2.09. The van der Waals surface area contributed by atoms with Gasteiger partial charge in [-0.3, -0.25) is 0 Å². The van der Waals surface area contributed by atoms with Crippen LogP contribution in [0, 0.1) is 5.92 Å². The minimum atomic E-state index is -1.01. The molecule has 0 aromatic rings. The molecule has 0 aromatic heterocycles. The maximum atomic E-state index is 8.63. The zero-order valence-corrected chi connectivity index (χ0v) is 5.87. The average Bonchev–Trinajstić information content (AvgIpc) is 1.83. The van der Waals surface area contributed by atoms with Crippen molar-refractivity contribution in [3.8, 4) is 0 Å². The topological polar surface area (TPSA) is 49.7 Å². The first-order chi connectivity index (χ1) is 4.16. The van der Waals surface area contributed by atoms with Crippen LogP contribution in [0.25, 0.3) is 0 Å². The van der Waals surface area contributed by atoms with E-state index in [1.807, 2.05) is 13.8 Å². The molecule has 56 valence electrons. The highest BCUT2D eigenvalue weighted by molar-refractivity contribution is 4.41. The van der Waals surface area contributed by atoms with Crippen LogP contribution in [0.1, 0.15) is 13.8 Å². The van der Waals surface area contributed by atoms with Crippen molar-refractivity contribution in [1.29, 1.82) is 0 Å². The maximum absolute atomic E-state index is 8.63. The van der Waals surface area contributed by atoms with Gasteiger partial charge < -0.3 is 14.9 Å². The summed E-state index contributed by atoms with van der Waals surface area (Å²) in [6, 6.07) is 0. The number of hydrogen-bond donors (Lipinski definition) is 2. The summed E-state index contributed by atoms with van der Waals surface area (Å²) in [5, 5.41) is 16.9. The molecule has 0 bridgehead atoms. The van der Waals surface area contributed by atoms with E-state index in [0.29, 0.717) is 12.5 Å². The van der Waals surface area contributed by atoms with Crippen LogP contribution in [0.3, 0.4) is 0 Å². The molecule has 0 aliphatic heterocycles. The third kappa shape index (κ3) is 5.76. The molecule has 0 aliphatic rings. The van der Waals surface area contributed by atoms with E-state index in [9.17, 15) is 0 Å². The molecule has 1 atom stereocenters. The van der Waals surface area contributed by atoms with Gasteiger partial charge in [0.2, 0.25) is 0 Å². The molecule has 0 saturated carbocycles. The van der Waals surface area contributed by atoms with E-state index in [1.165, 1.54) is 0 Å². The van der Waals surface area contributed by atoms with Crippen molar-refractivity contribution in [2.45, 2.75) is 20.1 Å². The molecule has 0 heterocycles. The minimum Gasteiger partial charge on any atom is -0.391 e. The quantitative estimate of drug-likeness (QED) is 0.531. The number of aliphatic hydroxyl groups is 2. The summed E-state index contributed by atoms with van der Waals surface area (Å²) in [5.74, 6) is 0.395. The van der Waals surface area contributed by atoms with E-state index < -0.39 is 6.29 Å². The molecule has 0 aromatic carbocycles. The fourth-order valence-electron chi connectivity index (χ4n) is 0.356. The van der Waals surface area contributed by atoms with Gasteiger partial charge in [0.1, 0.15) is 0 Å². The zero-order valence-electron chi connectivity index (χ0n) is 5.87. The Labute approximate surface area is 55.3 Å². The highest BCUT2D eigenvalue weighted by Crippen LogP contribution is 1.94. The summed E-state index contributed by atoms with van der Waals surface area (Å²) in [5.41, 5.74) is 0. The van der Waals surface area contributed by atoms with Gasteiger partial charge in [-0.15, -0.1) is 0 Å². The Kier molecular flexibility index (Phi) is 4.67. The summed E-state index contributed by atoms with van der Waals surface area (Å²) in [6.07, 6.45) is -1.01. The largest absolute Gasteiger partial charge is 0.391 e. The second-order valence-corrected chi connectivity index (χ2v) is 2.36. The fraction of sp³-hybridized carbons (Fsp3) is 1.00. The normalized spacial score (nSPS) is 14.3. The Bertz CT molecular complexity index is 63.3. The second-order valence-electron chi connectivity index (χ2n) is 2.36. The Morgan fingerprint density at radius 3 is 2.33 bits per heavy atom. The van der Waals surface area contributed by atoms with Crippen LogP contribution >= 0.6 is 0 Å². The zero-order chi connectivity index (χ0) is 7.28. The van der Waals surface area contributed by atoms with Gasteiger partial charge in [-0.25, -0.2) is 0 Å². The van der Waals surface area contributed by atoms with Gasteiger partial charge in [-0.1, -0.05) is 13.8 Å². The molecule has 9 heavy (non-hydrogen) atoms. The smallest absolute Gasteiger partial charge is 0.177 e. The van der Waals surface area contributed by atoms with Crippen molar-refractivity contribution in [2.24, 2.45) is 5.92 Å². The maximum Gasteiger partial charge on any atom is 0.177 e. The molecule has 3 heteroatoms.